The summed E-state index contributed by atoms with van der Waals surface area (Å²) in [6.07, 6.45) is 3.65. The molecule has 1 aliphatic heterocycles. The predicted octanol–water partition coefficient (Wildman–Crippen LogP) is 4.64. The van der Waals surface area contributed by atoms with Crippen LogP contribution in [0.4, 0.5) is 5.69 Å². The van der Waals surface area contributed by atoms with E-state index in [1.54, 1.807) is 15.9 Å². The Labute approximate surface area is 212 Å². The van der Waals surface area contributed by atoms with Gasteiger partial charge in [0.2, 0.25) is 11.8 Å². The second-order valence-electron chi connectivity index (χ2n) is 10.8. The number of nitrogens with zero attached hydrogens (tertiary/aromatic N) is 2. The lowest BCUT2D eigenvalue weighted by Gasteiger charge is -2.35. The smallest absolute Gasteiger partial charge is 0.348 e. The molecule has 1 atom stereocenters. The molecule has 1 aromatic heterocycles. The van der Waals surface area contributed by atoms with Gasteiger partial charge in [0.15, 0.2) is 0 Å². The van der Waals surface area contributed by atoms with Gasteiger partial charge in [0, 0.05) is 36.9 Å². The number of rotatable bonds is 6. The Morgan fingerprint density at radius 3 is 2.40 bits per heavy atom. The molecule has 0 aromatic carbocycles. The molecule has 1 aromatic rings. The molecule has 1 N–H and O–H groups in total. The fourth-order valence-electron chi connectivity index (χ4n) is 4.59. The number of carboxylic acids is 1. The third-order valence-electron chi connectivity index (χ3n) is 6.60. The molecule has 2 fully saturated rings. The number of hydrogen-bond donors (Lipinski definition) is 1. The molecule has 1 saturated carbocycles. The van der Waals surface area contributed by atoms with Crippen LogP contribution >= 0.6 is 11.3 Å². The first-order chi connectivity index (χ1) is 16.5. The second-order valence-corrected chi connectivity index (χ2v) is 11.9. The molecule has 0 radical (unpaired) electrons. The first kappa shape index (κ1) is 27.2. The normalized spacial score (nSPS) is 21.6. The number of aromatic carboxylic acids is 1. The van der Waals surface area contributed by atoms with Crippen molar-refractivity contribution >= 4 is 34.8 Å². The summed E-state index contributed by atoms with van der Waals surface area (Å²) in [5.41, 5.74) is 0.117. The van der Waals surface area contributed by atoms with Crippen molar-refractivity contribution in [3.63, 3.8) is 0 Å². The molecule has 2 aliphatic rings. The Bertz CT molecular complexity index is 985. The van der Waals surface area contributed by atoms with Crippen LogP contribution in [0.15, 0.2) is 6.07 Å². The SMILES string of the molecule is C[C@@H](CC(=O)N1CCOCC1)N(c1cc(C#CC(C)(C)C)sc1C(=O)O)C(=O)[C@H]1CC[C@H](C)CC1. The molecule has 0 unspecified atom stereocenters. The molecule has 2 heterocycles. The summed E-state index contributed by atoms with van der Waals surface area (Å²) in [4.78, 5) is 43.1. The van der Waals surface area contributed by atoms with Gasteiger partial charge in [-0.05, 0) is 65.4 Å². The predicted molar refractivity (Wildman–Crippen MR) is 138 cm³/mol. The maximum atomic E-state index is 13.9. The number of ether oxygens (including phenoxy) is 1. The summed E-state index contributed by atoms with van der Waals surface area (Å²) in [6, 6.07) is 1.24. The summed E-state index contributed by atoms with van der Waals surface area (Å²) >= 11 is 1.09. The van der Waals surface area contributed by atoms with Crippen LogP contribution in [0, 0.1) is 29.1 Å². The molecular weight excluding hydrogens is 464 g/mol. The van der Waals surface area contributed by atoms with Crippen molar-refractivity contribution in [2.45, 2.75) is 72.8 Å². The molecule has 8 heteroatoms. The fourth-order valence-corrected chi connectivity index (χ4v) is 5.43. The van der Waals surface area contributed by atoms with E-state index >= 15 is 0 Å². The number of morpholine rings is 1. The number of carbonyl (C=O) groups excluding carboxylic acids is 2. The Balaban J connectivity index is 1.96. The van der Waals surface area contributed by atoms with Gasteiger partial charge in [0.25, 0.3) is 0 Å². The molecule has 35 heavy (non-hydrogen) atoms. The molecule has 2 amide bonds. The van der Waals surface area contributed by atoms with Gasteiger partial charge < -0.3 is 19.6 Å². The zero-order chi connectivity index (χ0) is 25.8. The lowest BCUT2D eigenvalue weighted by molar-refractivity contribution is -0.135. The van der Waals surface area contributed by atoms with Crippen molar-refractivity contribution < 1.29 is 24.2 Å². The number of thiophene rings is 1. The lowest BCUT2D eigenvalue weighted by Crippen LogP contribution is -2.47. The average molecular weight is 503 g/mol. The van der Waals surface area contributed by atoms with Gasteiger partial charge in [0.1, 0.15) is 4.88 Å². The number of amides is 2. The van der Waals surface area contributed by atoms with E-state index in [4.69, 9.17) is 4.74 Å². The van der Waals surface area contributed by atoms with Crippen LogP contribution in [-0.4, -0.2) is 60.1 Å². The van der Waals surface area contributed by atoms with Crippen molar-refractivity contribution in [2.75, 3.05) is 31.2 Å². The number of carbonyl (C=O) groups is 3. The minimum absolute atomic E-state index is 0.0456. The fraction of sp³-hybridized carbons (Fsp3) is 0.667. The Morgan fingerprint density at radius 1 is 1.20 bits per heavy atom. The van der Waals surface area contributed by atoms with Crippen LogP contribution in [0.2, 0.25) is 0 Å². The quantitative estimate of drug-likeness (QED) is 0.573. The van der Waals surface area contributed by atoms with Crippen molar-refractivity contribution in [3.8, 4) is 11.8 Å². The van der Waals surface area contributed by atoms with Crippen LogP contribution in [0.1, 0.15) is 81.3 Å². The highest BCUT2D eigenvalue weighted by Crippen LogP contribution is 2.36. The zero-order valence-electron chi connectivity index (χ0n) is 21.6. The minimum Gasteiger partial charge on any atom is -0.477 e. The van der Waals surface area contributed by atoms with Crippen molar-refractivity contribution in [2.24, 2.45) is 17.3 Å². The topological polar surface area (TPSA) is 87.2 Å². The molecule has 3 rings (SSSR count). The summed E-state index contributed by atoms with van der Waals surface area (Å²) in [7, 11) is 0. The molecule has 7 nitrogen and oxygen atoms in total. The van der Waals surface area contributed by atoms with E-state index in [1.807, 2.05) is 27.7 Å². The van der Waals surface area contributed by atoms with Gasteiger partial charge >= 0.3 is 5.97 Å². The van der Waals surface area contributed by atoms with E-state index < -0.39 is 12.0 Å². The van der Waals surface area contributed by atoms with Gasteiger partial charge in [-0.25, -0.2) is 4.79 Å². The molecule has 0 bridgehead atoms. The maximum absolute atomic E-state index is 13.9. The number of anilines is 1. The summed E-state index contributed by atoms with van der Waals surface area (Å²) < 4.78 is 5.35. The van der Waals surface area contributed by atoms with Crippen LogP contribution in [0.5, 0.6) is 0 Å². The third-order valence-corrected chi connectivity index (χ3v) is 7.63. The average Bonchev–Trinajstić information content (AvgIpc) is 3.22. The lowest BCUT2D eigenvalue weighted by atomic mass is 9.82. The van der Waals surface area contributed by atoms with Gasteiger partial charge in [-0.2, -0.15) is 0 Å². The monoisotopic (exact) mass is 502 g/mol. The zero-order valence-corrected chi connectivity index (χ0v) is 22.4. The Morgan fingerprint density at radius 2 is 1.83 bits per heavy atom. The molecular formula is C27H38N2O5S. The van der Waals surface area contributed by atoms with E-state index in [0.29, 0.717) is 42.8 Å². The Hall–Kier alpha value is -2.37. The van der Waals surface area contributed by atoms with Crippen molar-refractivity contribution in [1.82, 2.24) is 4.90 Å². The second kappa shape index (κ2) is 11.6. The van der Waals surface area contributed by atoms with Gasteiger partial charge in [-0.1, -0.05) is 18.8 Å². The Kier molecular flexibility index (Phi) is 9.00. The highest BCUT2D eigenvalue weighted by Gasteiger charge is 2.35. The van der Waals surface area contributed by atoms with E-state index in [2.05, 4.69) is 18.8 Å². The molecule has 0 spiro atoms. The highest BCUT2D eigenvalue weighted by molar-refractivity contribution is 7.15. The standard InChI is InChI=1S/C27H38N2O5S/c1-18-6-8-20(9-7-18)25(31)29(19(2)16-23(30)28-12-14-34-15-13-28)22-17-21(10-11-27(3,4)5)35-24(22)26(32)33/h17-20H,6-9,12-16H2,1-5H3,(H,32,33)/t18-,19-,20-/m0/s1. The minimum atomic E-state index is -1.09. The first-order valence-corrected chi connectivity index (χ1v) is 13.4. The van der Waals surface area contributed by atoms with E-state index in [0.717, 1.165) is 37.0 Å². The summed E-state index contributed by atoms with van der Waals surface area (Å²) in [6.45, 7) is 12.1. The van der Waals surface area contributed by atoms with E-state index in [9.17, 15) is 19.5 Å². The third kappa shape index (κ3) is 7.31. The van der Waals surface area contributed by atoms with Gasteiger partial charge in [-0.15, -0.1) is 11.3 Å². The number of carboxylic acid groups (broad SMARTS) is 1. The first-order valence-electron chi connectivity index (χ1n) is 12.5. The van der Waals surface area contributed by atoms with E-state index in [1.165, 1.54) is 0 Å². The molecule has 1 saturated heterocycles. The van der Waals surface area contributed by atoms with Crippen molar-refractivity contribution in [1.29, 1.82) is 0 Å². The van der Waals surface area contributed by atoms with Crippen LogP contribution in [-0.2, 0) is 14.3 Å². The van der Waals surface area contributed by atoms with E-state index in [-0.39, 0.29) is 34.4 Å². The van der Waals surface area contributed by atoms with Crippen molar-refractivity contribution in [3.05, 3.63) is 15.8 Å². The number of hydrogen-bond acceptors (Lipinski definition) is 5. The molecule has 192 valence electrons. The molecule has 1 aliphatic carbocycles. The summed E-state index contributed by atoms with van der Waals surface area (Å²) in [5, 5.41) is 9.99. The largest absolute Gasteiger partial charge is 0.477 e. The summed E-state index contributed by atoms with van der Waals surface area (Å²) in [5.74, 6) is 5.43. The van der Waals surface area contributed by atoms with Crippen LogP contribution in [0.25, 0.3) is 0 Å². The van der Waals surface area contributed by atoms with Gasteiger partial charge in [0.05, 0.1) is 23.8 Å². The maximum Gasteiger partial charge on any atom is 0.348 e. The highest BCUT2D eigenvalue weighted by atomic mass is 32.1. The van der Waals surface area contributed by atoms with Gasteiger partial charge in [-0.3, -0.25) is 9.59 Å². The van der Waals surface area contributed by atoms with Crippen LogP contribution in [0.3, 0.4) is 0 Å². The van der Waals surface area contributed by atoms with Crippen LogP contribution < -0.4 is 4.90 Å².